The van der Waals surface area contributed by atoms with E-state index in [9.17, 15) is 9.59 Å². The molecule has 0 saturated carbocycles. The van der Waals surface area contributed by atoms with E-state index in [2.05, 4.69) is 15.4 Å². The number of fused-ring (bicyclic) bond motifs is 1. The Hall–Kier alpha value is -3.74. The second-order valence-corrected chi connectivity index (χ2v) is 6.50. The zero-order valence-electron chi connectivity index (χ0n) is 15.3. The van der Waals surface area contributed by atoms with E-state index in [0.717, 1.165) is 11.1 Å². The summed E-state index contributed by atoms with van der Waals surface area (Å²) in [5.74, 6) is -0.273. The number of hydrogen-bond donors (Lipinski definition) is 1. The summed E-state index contributed by atoms with van der Waals surface area (Å²) in [5, 5.41) is 7.47. The third-order valence-electron chi connectivity index (χ3n) is 4.60. The Bertz CT molecular complexity index is 1130. The average molecular weight is 373 g/mol. The van der Waals surface area contributed by atoms with Gasteiger partial charge < -0.3 is 5.32 Å². The van der Waals surface area contributed by atoms with E-state index >= 15 is 0 Å². The molecule has 2 aromatic carbocycles. The van der Waals surface area contributed by atoms with Crippen LogP contribution in [0.4, 0.5) is 0 Å². The number of benzene rings is 2. The monoisotopic (exact) mass is 373 g/mol. The molecule has 0 aliphatic carbocycles. The minimum absolute atomic E-state index is 0.118. The van der Waals surface area contributed by atoms with Crippen LogP contribution in [0.15, 0.2) is 78.0 Å². The van der Waals surface area contributed by atoms with Crippen LogP contribution in [0.3, 0.4) is 0 Å². The lowest BCUT2D eigenvalue weighted by Gasteiger charge is -2.20. The molecule has 0 unspecified atom stereocenters. The normalized spacial score (nSPS) is 11.1. The quantitative estimate of drug-likeness (QED) is 0.580. The van der Waals surface area contributed by atoms with Crippen molar-refractivity contribution in [1.29, 1.82) is 0 Å². The first-order chi connectivity index (χ1) is 13.6. The van der Waals surface area contributed by atoms with Gasteiger partial charge in [-0.3, -0.25) is 18.8 Å². The standard InChI is InChI=1S/C21H19N5O2/c1-25-20-17(12-23-25)21(28)26(14-22-20)13-18(27)24-19(15-8-4-2-5-9-15)16-10-6-3-7-11-16/h2-12,14,19H,13H2,1H3,(H,24,27). The maximum atomic E-state index is 12.7. The maximum absolute atomic E-state index is 12.7. The van der Waals surface area contributed by atoms with Gasteiger partial charge in [0.1, 0.15) is 18.3 Å². The van der Waals surface area contributed by atoms with E-state index < -0.39 is 0 Å². The molecule has 0 saturated heterocycles. The predicted octanol–water partition coefficient (Wildman–Crippen LogP) is 2.04. The highest BCUT2D eigenvalue weighted by Crippen LogP contribution is 2.21. The zero-order chi connectivity index (χ0) is 19.5. The molecule has 2 heterocycles. The van der Waals surface area contributed by atoms with E-state index in [0.29, 0.717) is 11.0 Å². The number of nitrogens with zero attached hydrogens (tertiary/aromatic N) is 4. The van der Waals surface area contributed by atoms with E-state index in [1.807, 2.05) is 60.7 Å². The zero-order valence-corrected chi connectivity index (χ0v) is 15.3. The van der Waals surface area contributed by atoms with Crippen molar-refractivity contribution in [3.8, 4) is 0 Å². The van der Waals surface area contributed by atoms with Crippen molar-refractivity contribution in [1.82, 2.24) is 24.6 Å². The maximum Gasteiger partial charge on any atom is 0.264 e. The molecule has 1 amide bonds. The number of carbonyl (C=O) groups is 1. The Balaban J connectivity index is 1.60. The molecule has 0 aliphatic heterocycles. The molecule has 4 aromatic rings. The Morgan fingerprint density at radius 1 is 1.04 bits per heavy atom. The molecule has 0 fully saturated rings. The van der Waals surface area contributed by atoms with Crippen molar-refractivity contribution < 1.29 is 4.79 Å². The minimum atomic E-state index is -0.305. The Kier molecular flexibility index (Phi) is 4.72. The second kappa shape index (κ2) is 7.48. The number of rotatable bonds is 5. The fourth-order valence-electron chi connectivity index (χ4n) is 3.19. The van der Waals surface area contributed by atoms with Crippen molar-refractivity contribution in [3.63, 3.8) is 0 Å². The van der Waals surface area contributed by atoms with E-state index in [1.54, 1.807) is 7.05 Å². The van der Waals surface area contributed by atoms with E-state index in [-0.39, 0.29) is 24.1 Å². The summed E-state index contributed by atoms with van der Waals surface area (Å²) in [4.78, 5) is 29.6. The molecular weight excluding hydrogens is 354 g/mol. The van der Waals surface area contributed by atoms with Gasteiger partial charge in [0.05, 0.1) is 12.2 Å². The molecule has 4 rings (SSSR count). The largest absolute Gasteiger partial charge is 0.344 e. The van der Waals surface area contributed by atoms with Crippen LogP contribution < -0.4 is 10.9 Å². The first kappa shape index (κ1) is 17.7. The molecule has 0 atom stereocenters. The SMILES string of the molecule is Cn1ncc2c(=O)n(CC(=O)NC(c3ccccc3)c3ccccc3)cnc21. The van der Waals surface area contributed by atoms with Gasteiger partial charge in [-0.1, -0.05) is 60.7 Å². The highest BCUT2D eigenvalue weighted by molar-refractivity contribution is 5.78. The van der Waals surface area contributed by atoms with Crippen LogP contribution in [-0.4, -0.2) is 25.2 Å². The third kappa shape index (κ3) is 3.42. The molecule has 0 aliphatic rings. The molecule has 140 valence electrons. The van der Waals surface area contributed by atoms with Crippen LogP contribution >= 0.6 is 0 Å². The lowest BCUT2D eigenvalue weighted by atomic mass is 9.99. The van der Waals surface area contributed by atoms with Crippen LogP contribution in [-0.2, 0) is 18.4 Å². The highest BCUT2D eigenvalue weighted by atomic mass is 16.2. The molecule has 7 nitrogen and oxygen atoms in total. The molecule has 0 radical (unpaired) electrons. The topological polar surface area (TPSA) is 81.8 Å². The third-order valence-corrected chi connectivity index (χ3v) is 4.60. The average Bonchev–Trinajstić information content (AvgIpc) is 3.11. The van der Waals surface area contributed by atoms with Crippen molar-refractivity contribution in [2.24, 2.45) is 7.05 Å². The summed E-state index contributed by atoms with van der Waals surface area (Å²) in [7, 11) is 1.72. The predicted molar refractivity (Wildman–Crippen MR) is 106 cm³/mol. The summed E-state index contributed by atoms with van der Waals surface area (Å²) in [6.45, 7) is -0.118. The van der Waals surface area contributed by atoms with Gasteiger partial charge in [-0.05, 0) is 11.1 Å². The lowest BCUT2D eigenvalue weighted by molar-refractivity contribution is -0.122. The second-order valence-electron chi connectivity index (χ2n) is 6.50. The van der Waals surface area contributed by atoms with Crippen LogP contribution in [0.2, 0.25) is 0 Å². The highest BCUT2D eigenvalue weighted by Gasteiger charge is 2.18. The summed E-state index contributed by atoms with van der Waals surface area (Å²) < 4.78 is 2.83. The van der Waals surface area contributed by atoms with E-state index in [4.69, 9.17) is 0 Å². The summed E-state index contributed by atoms with van der Waals surface area (Å²) >= 11 is 0. The van der Waals surface area contributed by atoms with Crippen LogP contribution in [0.5, 0.6) is 0 Å². The summed E-state index contributed by atoms with van der Waals surface area (Å²) in [5.41, 5.74) is 2.14. The molecule has 7 heteroatoms. The van der Waals surface area contributed by atoms with Gasteiger partial charge in [0.2, 0.25) is 5.91 Å². The van der Waals surface area contributed by atoms with Crippen molar-refractivity contribution in [2.45, 2.75) is 12.6 Å². The van der Waals surface area contributed by atoms with Gasteiger partial charge in [-0.25, -0.2) is 4.98 Å². The molecule has 0 spiro atoms. The van der Waals surface area contributed by atoms with Gasteiger partial charge >= 0.3 is 0 Å². The number of amides is 1. The summed E-state index contributed by atoms with van der Waals surface area (Å²) in [6, 6.07) is 19.2. The first-order valence-electron chi connectivity index (χ1n) is 8.90. The molecule has 28 heavy (non-hydrogen) atoms. The Morgan fingerprint density at radius 3 is 2.25 bits per heavy atom. The Labute approximate surface area is 161 Å². The number of aryl methyl sites for hydroxylation is 1. The minimum Gasteiger partial charge on any atom is -0.344 e. The lowest BCUT2D eigenvalue weighted by Crippen LogP contribution is -2.35. The summed E-state index contributed by atoms with van der Waals surface area (Å²) in [6.07, 6.45) is 2.85. The number of hydrogen-bond acceptors (Lipinski definition) is 4. The number of aromatic nitrogens is 4. The van der Waals surface area contributed by atoms with Gasteiger partial charge in [0.25, 0.3) is 5.56 Å². The first-order valence-corrected chi connectivity index (χ1v) is 8.90. The van der Waals surface area contributed by atoms with Crippen LogP contribution in [0.25, 0.3) is 11.0 Å². The fraction of sp³-hybridized carbons (Fsp3) is 0.143. The van der Waals surface area contributed by atoms with Gasteiger partial charge in [-0.2, -0.15) is 5.10 Å². The number of carbonyl (C=O) groups excluding carboxylic acids is 1. The van der Waals surface area contributed by atoms with Gasteiger partial charge in [0, 0.05) is 7.05 Å². The molecule has 2 aromatic heterocycles. The van der Waals surface area contributed by atoms with Crippen LogP contribution in [0.1, 0.15) is 17.2 Å². The van der Waals surface area contributed by atoms with Crippen molar-refractivity contribution in [3.05, 3.63) is 94.7 Å². The van der Waals surface area contributed by atoms with Crippen molar-refractivity contribution >= 4 is 16.9 Å². The van der Waals surface area contributed by atoms with Crippen LogP contribution in [0, 0.1) is 0 Å². The number of nitrogens with one attached hydrogen (secondary N) is 1. The molecular formula is C21H19N5O2. The smallest absolute Gasteiger partial charge is 0.264 e. The van der Waals surface area contributed by atoms with Crippen molar-refractivity contribution in [2.75, 3.05) is 0 Å². The van der Waals surface area contributed by atoms with Gasteiger partial charge in [-0.15, -0.1) is 0 Å². The molecule has 0 bridgehead atoms. The van der Waals surface area contributed by atoms with Gasteiger partial charge in [0.15, 0.2) is 5.65 Å². The fourth-order valence-corrected chi connectivity index (χ4v) is 3.19. The molecule has 1 N–H and O–H groups in total. The van der Waals surface area contributed by atoms with E-state index in [1.165, 1.54) is 21.8 Å². The Morgan fingerprint density at radius 2 is 1.64 bits per heavy atom.